The Morgan fingerprint density at radius 2 is 1.84 bits per heavy atom. The van der Waals surface area contributed by atoms with Gasteiger partial charge >= 0.3 is 11.9 Å². The number of hydrogen-bond donors (Lipinski definition) is 2. The minimum Gasteiger partial charge on any atom is -0.478 e. The third-order valence-electron chi connectivity index (χ3n) is 4.43. The molecule has 2 aromatic rings. The molecule has 1 aliphatic rings. The van der Waals surface area contributed by atoms with E-state index in [-0.39, 0.29) is 18.6 Å². The number of esters is 1. The summed E-state index contributed by atoms with van der Waals surface area (Å²) < 4.78 is 5.38. The summed E-state index contributed by atoms with van der Waals surface area (Å²) in [5.41, 5.74) is 2.24. The standard InChI is InChI=1S/C20H21NO4/c22-19(23)17-8-4-7-15(10-17)9-16-11-18(21-12-16)20(24)25-13-14-5-2-1-3-6-14/h1-8,10,16,18,21H,9,11-13H2,(H,22,23)/t16-,18+/m0/s1. The van der Waals surface area contributed by atoms with Crippen LogP contribution in [0.5, 0.6) is 0 Å². The van der Waals surface area contributed by atoms with Crippen molar-refractivity contribution in [2.24, 2.45) is 5.92 Å². The second-order valence-electron chi connectivity index (χ2n) is 6.37. The molecular weight excluding hydrogens is 318 g/mol. The van der Waals surface area contributed by atoms with Crippen molar-refractivity contribution in [3.8, 4) is 0 Å². The first-order valence-corrected chi connectivity index (χ1v) is 8.38. The zero-order valence-electron chi connectivity index (χ0n) is 13.9. The van der Waals surface area contributed by atoms with Crippen molar-refractivity contribution in [3.05, 3.63) is 71.3 Å². The summed E-state index contributed by atoms with van der Waals surface area (Å²) in [4.78, 5) is 23.2. The molecule has 0 unspecified atom stereocenters. The summed E-state index contributed by atoms with van der Waals surface area (Å²) in [5, 5.41) is 12.3. The highest BCUT2D eigenvalue weighted by Crippen LogP contribution is 2.21. The molecule has 130 valence electrons. The van der Waals surface area contributed by atoms with E-state index in [1.54, 1.807) is 18.2 Å². The number of rotatable bonds is 6. The Bertz CT molecular complexity index is 744. The Morgan fingerprint density at radius 1 is 1.08 bits per heavy atom. The summed E-state index contributed by atoms with van der Waals surface area (Å²) in [7, 11) is 0. The maximum atomic E-state index is 12.2. The molecule has 0 spiro atoms. The average Bonchev–Trinajstić information content (AvgIpc) is 3.09. The Kier molecular flexibility index (Phi) is 5.46. The molecule has 2 N–H and O–H groups in total. The minimum absolute atomic E-state index is 0.231. The number of hydrogen-bond acceptors (Lipinski definition) is 4. The number of nitrogens with one attached hydrogen (secondary N) is 1. The third-order valence-corrected chi connectivity index (χ3v) is 4.43. The lowest BCUT2D eigenvalue weighted by atomic mass is 9.95. The Balaban J connectivity index is 1.50. The number of carboxylic acid groups (broad SMARTS) is 1. The van der Waals surface area contributed by atoms with E-state index in [9.17, 15) is 9.59 Å². The van der Waals surface area contributed by atoms with Crippen LogP contribution in [0, 0.1) is 5.92 Å². The highest BCUT2D eigenvalue weighted by molar-refractivity contribution is 5.87. The van der Waals surface area contributed by atoms with Gasteiger partial charge in [-0.1, -0.05) is 42.5 Å². The molecule has 3 rings (SSSR count). The molecular formula is C20H21NO4. The zero-order chi connectivity index (χ0) is 17.6. The number of carboxylic acids is 1. The number of benzene rings is 2. The Morgan fingerprint density at radius 3 is 2.60 bits per heavy atom. The van der Waals surface area contributed by atoms with Crippen LogP contribution >= 0.6 is 0 Å². The molecule has 1 saturated heterocycles. The van der Waals surface area contributed by atoms with Gasteiger partial charge in [-0.2, -0.15) is 0 Å². The van der Waals surface area contributed by atoms with E-state index in [2.05, 4.69) is 5.32 Å². The third kappa shape index (κ3) is 4.67. The molecule has 2 aromatic carbocycles. The van der Waals surface area contributed by atoms with E-state index in [0.717, 1.165) is 24.1 Å². The van der Waals surface area contributed by atoms with Gasteiger partial charge in [-0.25, -0.2) is 4.79 Å². The number of carbonyl (C=O) groups is 2. The zero-order valence-corrected chi connectivity index (χ0v) is 13.9. The summed E-state index contributed by atoms with van der Waals surface area (Å²) in [6.45, 7) is 1.01. The average molecular weight is 339 g/mol. The van der Waals surface area contributed by atoms with Crippen LogP contribution in [0.4, 0.5) is 0 Å². The summed E-state index contributed by atoms with van der Waals surface area (Å²) in [6, 6.07) is 16.3. The van der Waals surface area contributed by atoms with Gasteiger partial charge in [0.15, 0.2) is 0 Å². The first-order valence-electron chi connectivity index (χ1n) is 8.38. The molecule has 1 aliphatic heterocycles. The summed E-state index contributed by atoms with van der Waals surface area (Å²) in [5.74, 6) is -0.863. The van der Waals surface area contributed by atoms with E-state index in [1.165, 1.54) is 0 Å². The lowest BCUT2D eigenvalue weighted by Gasteiger charge is -2.11. The van der Waals surface area contributed by atoms with Crippen LogP contribution in [-0.2, 0) is 22.6 Å². The van der Waals surface area contributed by atoms with Crippen LogP contribution in [0.2, 0.25) is 0 Å². The van der Waals surface area contributed by atoms with E-state index in [4.69, 9.17) is 9.84 Å². The molecule has 5 nitrogen and oxygen atoms in total. The Labute approximate surface area is 146 Å². The van der Waals surface area contributed by atoms with Crippen LogP contribution in [0.15, 0.2) is 54.6 Å². The topological polar surface area (TPSA) is 75.6 Å². The van der Waals surface area contributed by atoms with E-state index >= 15 is 0 Å². The fourth-order valence-corrected chi connectivity index (χ4v) is 3.14. The fraction of sp³-hybridized carbons (Fsp3) is 0.300. The smallest absolute Gasteiger partial charge is 0.335 e. The van der Waals surface area contributed by atoms with Gasteiger partial charge in [-0.15, -0.1) is 0 Å². The summed E-state index contributed by atoms with van der Waals surface area (Å²) >= 11 is 0. The molecule has 1 fully saturated rings. The number of aromatic carboxylic acids is 1. The van der Waals surface area contributed by atoms with Crippen molar-refractivity contribution in [3.63, 3.8) is 0 Å². The SMILES string of the molecule is O=C(O)c1cccc(C[C@@H]2CN[C@@H](C(=O)OCc3ccccc3)C2)c1. The van der Waals surface area contributed by atoms with E-state index in [1.807, 2.05) is 36.4 Å². The fourth-order valence-electron chi connectivity index (χ4n) is 3.14. The van der Waals surface area contributed by atoms with Gasteiger partial charge < -0.3 is 15.2 Å². The first kappa shape index (κ1) is 17.2. The molecule has 2 atom stereocenters. The largest absolute Gasteiger partial charge is 0.478 e. The highest BCUT2D eigenvalue weighted by Gasteiger charge is 2.30. The molecule has 0 saturated carbocycles. The maximum absolute atomic E-state index is 12.2. The lowest BCUT2D eigenvalue weighted by Crippen LogP contribution is -2.32. The molecule has 0 bridgehead atoms. The van der Waals surface area contributed by atoms with Gasteiger partial charge in [0, 0.05) is 0 Å². The highest BCUT2D eigenvalue weighted by atomic mass is 16.5. The van der Waals surface area contributed by atoms with Gasteiger partial charge in [-0.3, -0.25) is 4.79 Å². The van der Waals surface area contributed by atoms with Crippen molar-refractivity contribution in [2.45, 2.75) is 25.5 Å². The predicted octanol–water partition coefficient (Wildman–Crippen LogP) is 2.65. The van der Waals surface area contributed by atoms with Gasteiger partial charge in [0.05, 0.1) is 5.56 Å². The van der Waals surface area contributed by atoms with Gasteiger partial charge in [0.25, 0.3) is 0 Å². The van der Waals surface area contributed by atoms with Gasteiger partial charge in [0.2, 0.25) is 0 Å². The van der Waals surface area contributed by atoms with Crippen LogP contribution in [0.25, 0.3) is 0 Å². The van der Waals surface area contributed by atoms with Crippen LogP contribution in [0.3, 0.4) is 0 Å². The molecule has 25 heavy (non-hydrogen) atoms. The quantitative estimate of drug-likeness (QED) is 0.792. The second kappa shape index (κ2) is 7.94. The van der Waals surface area contributed by atoms with Gasteiger partial charge in [-0.05, 0) is 48.6 Å². The molecule has 0 radical (unpaired) electrons. The van der Waals surface area contributed by atoms with Crippen molar-refractivity contribution in [1.29, 1.82) is 0 Å². The molecule has 5 heteroatoms. The molecule has 1 heterocycles. The van der Waals surface area contributed by atoms with Crippen molar-refractivity contribution >= 4 is 11.9 Å². The molecule has 0 aromatic heterocycles. The second-order valence-corrected chi connectivity index (χ2v) is 6.37. The van der Waals surface area contributed by atoms with Crippen LogP contribution < -0.4 is 5.32 Å². The van der Waals surface area contributed by atoms with E-state index < -0.39 is 5.97 Å². The lowest BCUT2D eigenvalue weighted by molar-refractivity contribution is -0.147. The number of carbonyl (C=O) groups excluding carboxylic acids is 1. The monoisotopic (exact) mass is 339 g/mol. The van der Waals surface area contributed by atoms with Crippen LogP contribution in [0.1, 0.15) is 27.9 Å². The maximum Gasteiger partial charge on any atom is 0.335 e. The van der Waals surface area contributed by atoms with Crippen molar-refractivity contribution in [1.82, 2.24) is 5.32 Å². The predicted molar refractivity (Wildman–Crippen MR) is 93.2 cm³/mol. The number of ether oxygens (including phenoxy) is 1. The minimum atomic E-state index is -0.922. The summed E-state index contributed by atoms with van der Waals surface area (Å²) in [6.07, 6.45) is 1.45. The Hall–Kier alpha value is -2.66. The van der Waals surface area contributed by atoms with E-state index in [0.29, 0.717) is 17.9 Å². The first-order chi connectivity index (χ1) is 12.1. The van der Waals surface area contributed by atoms with Crippen molar-refractivity contribution < 1.29 is 19.4 Å². The normalized spacial score (nSPS) is 19.5. The van der Waals surface area contributed by atoms with Crippen molar-refractivity contribution in [2.75, 3.05) is 6.54 Å². The van der Waals surface area contributed by atoms with Gasteiger partial charge in [0.1, 0.15) is 12.6 Å². The van der Waals surface area contributed by atoms with Crippen LogP contribution in [-0.4, -0.2) is 29.6 Å². The molecule has 0 aliphatic carbocycles. The molecule has 0 amide bonds.